The molecular weight excluding hydrogens is 284 g/mol. The molecule has 1 aromatic carbocycles. The fourth-order valence-electron chi connectivity index (χ4n) is 3.44. The molecule has 2 rings (SSSR count). The molecule has 1 heterocycles. The predicted octanol–water partition coefficient (Wildman–Crippen LogP) is 3.97. The topological polar surface area (TPSA) is 23.6 Å². The fraction of sp³-hybridized carbons (Fsp3) is 0.650. The first-order chi connectivity index (χ1) is 11.0. The molecular formula is C20H32N2O. The first-order valence-electron chi connectivity index (χ1n) is 9.01. The largest absolute Gasteiger partial charge is 0.378 e. The minimum absolute atomic E-state index is 0.324. The van der Waals surface area contributed by atoms with Crippen LogP contribution in [0, 0.1) is 11.8 Å². The molecule has 1 fully saturated rings. The lowest BCUT2D eigenvalue weighted by Gasteiger charge is -2.22. The van der Waals surface area contributed by atoms with E-state index in [0.29, 0.717) is 12.3 Å². The van der Waals surface area contributed by atoms with Gasteiger partial charge < -0.3 is 9.80 Å². The van der Waals surface area contributed by atoms with Crippen molar-refractivity contribution in [2.75, 3.05) is 32.1 Å². The van der Waals surface area contributed by atoms with Crippen LogP contribution in [0.5, 0.6) is 0 Å². The number of hydrogen-bond acceptors (Lipinski definition) is 2. The van der Waals surface area contributed by atoms with Crippen molar-refractivity contribution in [2.45, 2.75) is 46.0 Å². The van der Waals surface area contributed by atoms with Gasteiger partial charge >= 0.3 is 0 Å². The molecule has 0 bridgehead atoms. The second-order valence-corrected chi connectivity index (χ2v) is 7.38. The Kier molecular flexibility index (Phi) is 6.49. The summed E-state index contributed by atoms with van der Waals surface area (Å²) in [6.45, 7) is 6.50. The molecule has 0 saturated carbocycles. The number of benzene rings is 1. The molecule has 1 saturated heterocycles. The standard InChI is InChI=1S/C20H32N2O/c1-16(2)18-8-6-13-22(14-12-18)20(23)11-10-17-7-5-9-19(15-17)21(3)4/h5,7,9,15-16,18H,6,8,10-14H2,1-4H3/t18-/m1/s1. The van der Waals surface area contributed by atoms with Crippen LogP contribution in [0.4, 0.5) is 5.69 Å². The van der Waals surface area contributed by atoms with Gasteiger partial charge in [-0.15, -0.1) is 0 Å². The molecule has 0 spiro atoms. The smallest absolute Gasteiger partial charge is 0.222 e. The van der Waals surface area contributed by atoms with Gasteiger partial charge in [-0.3, -0.25) is 4.79 Å². The molecule has 0 unspecified atom stereocenters. The number of aryl methyl sites for hydroxylation is 1. The Morgan fingerprint density at radius 2 is 2.04 bits per heavy atom. The van der Waals surface area contributed by atoms with Crippen molar-refractivity contribution in [1.29, 1.82) is 0 Å². The van der Waals surface area contributed by atoms with Gasteiger partial charge in [0.05, 0.1) is 0 Å². The van der Waals surface area contributed by atoms with Crippen LogP contribution in [0.1, 0.15) is 45.1 Å². The van der Waals surface area contributed by atoms with Crippen LogP contribution in [-0.2, 0) is 11.2 Å². The van der Waals surface area contributed by atoms with E-state index in [9.17, 15) is 4.79 Å². The Morgan fingerprint density at radius 1 is 1.26 bits per heavy atom. The summed E-state index contributed by atoms with van der Waals surface area (Å²) >= 11 is 0. The zero-order valence-corrected chi connectivity index (χ0v) is 15.2. The van der Waals surface area contributed by atoms with Gasteiger partial charge in [-0.05, 0) is 55.2 Å². The highest BCUT2D eigenvalue weighted by molar-refractivity contribution is 5.76. The van der Waals surface area contributed by atoms with E-state index in [1.54, 1.807) is 0 Å². The molecule has 1 amide bonds. The fourth-order valence-corrected chi connectivity index (χ4v) is 3.44. The minimum atomic E-state index is 0.324. The van der Waals surface area contributed by atoms with E-state index in [2.05, 4.69) is 47.9 Å². The van der Waals surface area contributed by atoms with Gasteiger partial charge in [0, 0.05) is 39.3 Å². The highest BCUT2D eigenvalue weighted by atomic mass is 16.2. The number of nitrogens with zero attached hydrogens (tertiary/aromatic N) is 2. The lowest BCUT2D eigenvalue weighted by atomic mass is 9.89. The maximum absolute atomic E-state index is 12.5. The van der Waals surface area contributed by atoms with Crippen molar-refractivity contribution in [1.82, 2.24) is 4.90 Å². The summed E-state index contributed by atoms with van der Waals surface area (Å²) in [4.78, 5) is 16.7. The molecule has 1 aliphatic heterocycles. The summed E-state index contributed by atoms with van der Waals surface area (Å²) in [7, 11) is 4.10. The summed E-state index contributed by atoms with van der Waals surface area (Å²) in [5.41, 5.74) is 2.45. The van der Waals surface area contributed by atoms with Crippen molar-refractivity contribution in [3.8, 4) is 0 Å². The quantitative estimate of drug-likeness (QED) is 0.820. The van der Waals surface area contributed by atoms with E-state index in [4.69, 9.17) is 0 Å². The van der Waals surface area contributed by atoms with Gasteiger partial charge in [0.2, 0.25) is 5.91 Å². The molecule has 1 atom stereocenters. The van der Waals surface area contributed by atoms with Gasteiger partial charge in [-0.2, -0.15) is 0 Å². The molecule has 128 valence electrons. The molecule has 1 aromatic rings. The van der Waals surface area contributed by atoms with Gasteiger partial charge in [0.15, 0.2) is 0 Å². The average Bonchev–Trinajstić information content (AvgIpc) is 2.79. The molecule has 0 aromatic heterocycles. The Morgan fingerprint density at radius 3 is 2.74 bits per heavy atom. The third kappa shape index (κ3) is 5.26. The predicted molar refractivity (Wildman–Crippen MR) is 97.8 cm³/mol. The van der Waals surface area contributed by atoms with Crippen LogP contribution in [-0.4, -0.2) is 38.0 Å². The Labute approximate surface area is 141 Å². The zero-order valence-electron chi connectivity index (χ0n) is 15.2. The van der Waals surface area contributed by atoms with Gasteiger partial charge in [-0.25, -0.2) is 0 Å². The third-order valence-electron chi connectivity index (χ3n) is 5.12. The van der Waals surface area contributed by atoms with Crippen LogP contribution < -0.4 is 4.90 Å². The Hall–Kier alpha value is -1.51. The lowest BCUT2D eigenvalue weighted by molar-refractivity contribution is -0.131. The van der Waals surface area contributed by atoms with Crippen LogP contribution in [0.15, 0.2) is 24.3 Å². The van der Waals surface area contributed by atoms with Gasteiger partial charge in [-0.1, -0.05) is 26.0 Å². The van der Waals surface area contributed by atoms with Gasteiger partial charge in [0.1, 0.15) is 0 Å². The van der Waals surface area contributed by atoms with Crippen LogP contribution in [0.25, 0.3) is 0 Å². The van der Waals surface area contributed by atoms with Crippen molar-refractivity contribution in [3.63, 3.8) is 0 Å². The monoisotopic (exact) mass is 316 g/mol. The normalized spacial score (nSPS) is 18.8. The van der Waals surface area contributed by atoms with E-state index >= 15 is 0 Å². The van der Waals surface area contributed by atoms with Crippen molar-refractivity contribution in [2.24, 2.45) is 11.8 Å². The number of anilines is 1. The van der Waals surface area contributed by atoms with Crippen molar-refractivity contribution in [3.05, 3.63) is 29.8 Å². The van der Waals surface area contributed by atoms with Gasteiger partial charge in [0.25, 0.3) is 0 Å². The second kappa shape index (κ2) is 8.37. The van der Waals surface area contributed by atoms with E-state index in [1.807, 2.05) is 14.1 Å². The summed E-state index contributed by atoms with van der Waals surface area (Å²) in [6, 6.07) is 8.49. The van der Waals surface area contributed by atoms with E-state index < -0.39 is 0 Å². The van der Waals surface area contributed by atoms with E-state index in [0.717, 1.165) is 37.8 Å². The first kappa shape index (κ1) is 17.8. The van der Waals surface area contributed by atoms with Crippen LogP contribution >= 0.6 is 0 Å². The van der Waals surface area contributed by atoms with Crippen LogP contribution in [0.3, 0.4) is 0 Å². The Balaban J connectivity index is 1.86. The number of rotatable bonds is 5. The highest BCUT2D eigenvalue weighted by Gasteiger charge is 2.22. The minimum Gasteiger partial charge on any atom is -0.378 e. The SMILES string of the molecule is CC(C)[C@@H]1CCCN(C(=O)CCc2cccc(N(C)C)c2)CC1. The molecule has 0 radical (unpaired) electrons. The molecule has 3 heteroatoms. The lowest BCUT2D eigenvalue weighted by Crippen LogP contribution is -2.32. The molecule has 23 heavy (non-hydrogen) atoms. The summed E-state index contributed by atoms with van der Waals surface area (Å²) < 4.78 is 0. The number of carbonyl (C=O) groups is 1. The second-order valence-electron chi connectivity index (χ2n) is 7.38. The molecule has 0 N–H and O–H groups in total. The Bertz CT molecular complexity index is 510. The zero-order chi connectivity index (χ0) is 16.8. The van der Waals surface area contributed by atoms with Crippen LogP contribution in [0.2, 0.25) is 0 Å². The summed E-state index contributed by atoms with van der Waals surface area (Å²) in [5.74, 6) is 1.84. The number of hydrogen-bond donors (Lipinski definition) is 0. The van der Waals surface area contributed by atoms with Crippen molar-refractivity contribution < 1.29 is 4.79 Å². The average molecular weight is 316 g/mol. The summed E-state index contributed by atoms with van der Waals surface area (Å²) in [5, 5.41) is 0. The molecule has 1 aliphatic rings. The number of likely N-dealkylation sites (tertiary alicyclic amines) is 1. The maximum atomic E-state index is 12.5. The summed E-state index contributed by atoms with van der Waals surface area (Å²) in [6.07, 6.45) is 5.06. The van der Waals surface area contributed by atoms with E-state index in [1.165, 1.54) is 24.1 Å². The molecule has 0 aliphatic carbocycles. The highest BCUT2D eigenvalue weighted by Crippen LogP contribution is 2.25. The first-order valence-corrected chi connectivity index (χ1v) is 9.01. The maximum Gasteiger partial charge on any atom is 0.222 e. The third-order valence-corrected chi connectivity index (χ3v) is 5.12. The number of amides is 1. The van der Waals surface area contributed by atoms with E-state index in [-0.39, 0.29) is 0 Å². The number of carbonyl (C=O) groups excluding carboxylic acids is 1. The van der Waals surface area contributed by atoms with Crippen molar-refractivity contribution >= 4 is 11.6 Å². The molecule has 3 nitrogen and oxygen atoms in total.